The minimum absolute atomic E-state index is 0.0931. The van der Waals surface area contributed by atoms with Crippen LogP contribution >= 0.6 is 11.8 Å². The molecular formula is C20H23NO3S. The van der Waals surface area contributed by atoms with Crippen LogP contribution in [0.1, 0.15) is 31.2 Å². The molecule has 2 aromatic rings. The Morgan fingerprint density at radius 1 is 1.04 bits per heavy atom. The van der Waals surface area contributed by atoms with Crippen LogP contribution in [0.15, 0.2) is 54.6 Å². The molecule has 1 saturated carbocycles. The topological polar surface area (TPSA) is 58.6 Å². The third kappa shape index (κ3) is 5.00. The Balaban J connectivity index is 1.55. The van der Waals surface area contributed by atoms with E-state index in [4.69, 9.17) is 9.94 Å². The quantitative estimate of drug-likeness (QED) is 0.577. The van der Waals surface area contributed by atoms with Crippen molar-refractivity contribution in [2.45, 2.75) is 36.7 Å². The van der Waals surface area contributed by atoms with Gasteiger partial charge in [0.2, 0.25) is 5.91 Å². The van der Waals surface area contributed by atoms with Crippen molar-refractivity contribution >= 4 is 17.7 Å². The number of hydroxylamine groups is 1. The Morgan fingerprint density at radius 3 is 2.44 bits per heavy atom. The second-order valence-electron chi connectivity index (χ2n) is 6.28. The van der Waals surface area contributed by atoms with Crippen molar-refractivity contribution < 1.29 is 14.7 Å². The van der Waals surface area contributed by atoms with Gasteiger partial charge in [0.05, 0.1) is 5.92 Å². The molecule has 4 nitrogen and oxygen atoms in total. The first kappa shape index (κ1) is 17.8. The zero-order valence-electron chi connectivity index (χ0n) is 14.1. The summed E-state index contributed by atoms with van der Waals surface area (Å²) in [7, 11) is 0. The molecule has 25 heavy (non-hydrogen) atoms. The predicted octanol–water partition coefficient (Wildman–Crippen LogP) is 4.78. The van der Waals surface area contributed by atoms with Gasteiger partial charge >= 0.3 is 0 Å². The second-order valence-corrected chi connectivity index (χ2v) is 7.50. The summed E-state index contributed by atoms with van der Waals surface area (Å²) in [6.07, 6.45) is 4.09. The molecule has 0 spiro atoms. The van der Waals surface area contributed by atoms with Crippen LogP contribution in [-0.2, 0) is 10.5 Å². The second kappa shape index (κ2) is 8.92. The van der Waals surface area contributed by atoms with E-state index in [1.54, 1.807) is 11.8 Å². The lowest BCUT2D eigenvalue weighted by atomic mass is 9.88. The van der Waals surface area contributed by atoms with Crippen molar-refractivity contribution in [3.8, 4) is 11.5 Å². The summed E-state index contributed by atoms with van der Waals surface area (Å²) < 4.78 is 5.80. The summed E-state index contributed by atoms with van der Waals surface area (Å²) in [5, 5.41) is 9.18. The maximum atomic E-state index is 11.8. The number of hydrogen-bond donors (Lipinski definition) is 2. The largest absolute Gasteiger partial charge is 0.457 e. The third-order valence-electron chi connectivity index (χ3n) is 4.52. The molecule has 5 heteroatoms. The number of nitrogens with one attached hydrogen (secondary N) is 1. The molecule has 2 atom stereocenters. The number of ether oxygens (including phenoxy) is 1. The summed E-state index contributed by atoms with van der Waals surface area (Å²) >= 11 is 1.80. The molecule has 0 heterocycles. The number of rotatable bonds is 6. The highest BCUT2D eigenvalue weighted by atomic mass is 32.2. The van der Waals surface area contributed by atoms with E-state index in [1.165, 1.54) is 5.56 Å². The lowest BCUT2D eigenvalue weighted by Crippen LogP contribution is -2.36. The zero-order chi connectivity index (χ0) is 17.5. The summed E-state index contributed by atoms with van der Waals surface area (Å²) in [5.41, 5.74) is 3.03. The van der Waals surface area contributed by atoms with Gasteiger partial charge in [-0.2, -0.15) is 11.8 Å². The highest BCUT2D eigenvalue weighted by Gasteiger charge is 2.30. The van der Waals surface area contributed by atoms with Crippen LogP contribution in [0.3, 0.4) is 0 Å². The van der Waals surface area contributed by atoms with Crippen molar-refractivity contribution in [1.29, 1.82) is 0 Å². The average Bonchev–Trinajstić information content (AvgIpc) is 2.68. The lowest BCUT2D eigenvalue weighted by molar-refractivity contribution is -0.134. The van der Waals surface area contributed by atoms with E-state index in [1.807, 2.05) is 47.9 Å². The Bertz CT molecular complexity index is 675. The van der Waals surface area contributed by atoms with Crippen molar-refractivity contribution in [2.75, 3.05) is 0 Å². The summed E-state index contributed by atoms with van der Waals surface area (Å²) in [4.78, 5) is 11.8. The number of hydrogen-bond acceptors (Lipinski definition) is 4. The van der Waals surface area contributed by atoms with Crippen molar-refractivity contribution in [3.05, 3.63) is 60.2 Å². The molecule has 1 amide bonds. The smallest absolute Gasteiger partial charge is 0.247 e. The predicted molar refractivity (Wildman–Crippen MR) is 99.9 cm³/mol. The van der Waals surface area contributed by atoms with Crippen LogP contribution in [0.25, 0.3) is 0 Å². The molecule has 2 aromatic carbocycles. The Labute approximate surface area is 152 Å². The normalized spacial score (nSPS) is 20.0. The molecule has 1 aliphatic carbocycles. The van der Waals surface area contributed by atoms with Crippen molar-refractivity contribution in [2.24, 2.45) is 5.92 Å². The van der Waals surface area contributed by atoms with Crippen molar-refractivity contribution in [1.82, 2.24) is 5.48 Å². The first-order valence-corrected chi connectivity index (χ1v) is 9.68. The molecule has 1 aliphatic rings. The van der Waals surface area contributed by atoms with Gasteiger partial charge < -0.3 is 4.74 Å². The van der Waals surface area contributed by atoms with Gasteiger partial charge in [-0.3, -0.25) is 10.0 Å². The molecule has 2 N–H and O–H groups in total. The van der Waals surface area contributed by atoms with E-state index in [2.05, 4.69) is 12.1 Å². The van der Waals surface area contributed by atoms with E-state index in [-0.39, 0.29) is 17.1 Å². The average molecular weight is 357 g/mol. The Hall–Kier alpha value is -1.98. The lowest BCUT2D eigenvalue weighted by Gasteiger charge is -2.29. The summed E-state index contributed by atoms with van der Waals surface area (Å²) in [5.74, 6) is 2.15. The minimum atomic E-state index is -0.246. The van der Waals surface area contributed by atoms with Crippen molar-refractivity contribution in [3.63, 3.8) is 0 Å². The fraction of sp³-hybridized carbons (Fsp3) is 0.350. The standard InChI is InChI=1S/C20H23NO3S/c22-20(21-23)18-8-4-5-9-19(18)25-14-15-10-12-17(13-11-15)24-16-6-2-1-3-7-16/h1-3,6-7,10-13,18-19,23H,4-5,8-9,14H2,(H,21,22)/t18-,19-/m1/s1. The minimum Gasteiger partial charge on any atom is -0.457 e. The third-order valence-corrected chi connectivity index (χ3v) is 6.01. The Kier molecular flexibility index (Phi) is 6.36. The number of amides is 1. The highest BCUT2D eigenvalue weighted by Crippen LogP contribution is 2.35. The molecule has 0 saturated heterocycles. The van der Waals surface area contributed by atoms with Crippen LogP contribution in [0.5, 0.6) is 11.5 Å². The van der Waals surface area contributed by atoms with Crippen LogP contribution in [-0.4, -0.2) is 16.4 Å². The molecular weight excluding hydrogens is 334 g/mol. The number of para-hydroxylation sites is 1. The van der Waals surface area contributed by atoms with Gasteiger partial charge in [0.25, 0.3) is 0 Å². The molecule has 0 bridgehead atoms. The fourth-order valence-electron chi connectivity index (χ4n) is 3.16. The molecule has 0 aliphatic heterocycles. The van der Waals surface area contributed by atoms with Crippen LogP contribution in [0.4, 0.5) is 0 Å². The highest BCUT2D eigenvalue weighted by molar-refractivity contribution is 7.99. The zero-order valence-corrected chi connectivity index (χ0v) is 14.9. The first-order chi connectivity index (χ1) is 12.3. The molecule has 0 radical (unpaired) electrons. The van der Waals surface area contributed by atoms with Gasteiger partial charge in [0.1, 0.15) is 11.5 Å². The molecule has 0 aromatic heterocycles. The molecule has 3 rings (SSSR count). The van der Waals surface area contributed by atoms with Crippen LogP contribution in [0.2, 0.25) is 0 Å². The van der Waals surface area contributed by atoms with Gasteiger partial charge in [-0.15, -0.1) is 0 Å². The summed E-state index contributed by atoms with van der Waals surface area (Å²) in [6.45, 7) is 0. The van der Waals surface area contributed by atoms with Gasteiger partial charge in [0.15, 0.2) is 0 Å². The van der Waals surface area contributed by atoms with E-state index >= 15 is 0 Å². The van der Waals surface area contributed by atoms with Crippen LogP contribution in [0, 0.1) is 5.92 Å². The van der Waals surface area contributed by atoms with E-state index in [9.17, 15) is 4.79 Å². The van der Waals surface area contributed by atoms with Crippen LogP contribution < -0.4 is 10.2 Å². The maximum Gasteiger partial charge on any atom is 0.247 e. The SMILES string of the molecule is O=C(NO)[C@@H]1CCCC[C@H]1SCc1ccc(Oc2ccccc2)cc1. The Morgan fingerprint density at radius 2 is 1.72 bits per heavy atom. The molecule has 132 valence electrons. The number of benzene rings is 2. The van der Waals surface area contributed by atoms with E-state index in [0.717, 1.165) is 42.9 Å². The number of thioether (sulfide) groups is 1. The van der Waals surface area contributed by atoms with Gasteiger partial charge in [-0.05, 0) is 42.7 Å². The monoisotopic (exact) mass is 357 g/mol. The van der Waals surface area contributed by atoms with Gasteiger partial charge in [0, 0.05) is 11.0 Å². The number of carbonyl (C=O) groups excluding carboxylic acids is 1. The van der Waals surface area contributed by atoms with Gasteiger partial charge in [-0.25, -0.2) is 5.48 Å². The fourth-order valence-corrected chi connectivity index (χ4v) is 4.59. The molecule has 1 fully saturated rings. The number of carbonyl (C=O) groups is 1. The van der Waals surface area contributed by atoms with E-state index in [0.29, 0.717) is 0 Å². The summed E-state index contributed by atoms with van der Waals surface area (Å²) in [6, 6.07) is 17.8. The van der Waals surface area contributed by atoms with Gasteiger partial charge in [-0.1, -0.05) is 43.2 Å². The maximum absolute atomic E-state index is 11.8. The first-order valence-electron chi connectivity index (χ1n) is 8.63. The van der Waals surface area contributed by atoms with E-state index < -0.39 is 0 Å². The molecule has 0 unspecified atom stereocenters.